The van der Waals surface area contributed by atoms with Crippen LogP contribution in [-0.2, 0) is 30.6 Å². The summed E-state index contributed by atoms with van der Waals surface area (Å²) in [5.41, 5.74) is 1.88. The first kappa shape index (κ1) is 18.7. The van der Waals surface area contributed by atoms with E-state index < -0.39 is 18.6 Å². The van der Waals surface area contributed by atoms with Crippen molar-refractivity contribution in [2.45, 2.75) is 51.3 Å². The Labute approximate surface area is 154 Å². The Bertz CT molecular complexity index is 726. The van der Waals surface area contributed by atoms with Gasteiger partial charge in [0.15, 0.2) is 0 Å². The van der Waals surface area contributed by atoms with Crippen LogP contribution in [0, 0.1) is 0 Å². The van der Waals surface area contributed by atoms with Crippen molar-refractivity contribution in [3.05, 3.63) is 45.4 Å². The summed E-state index contributed by atoms with van der Waals surface area (Å²) < 4.78 is 28.6. The summed E-state index contributed by atoms with van der Waals surface area (Å²) >= 11 is 1.65. The fraction of sp³-hybridized carbons (Fsp3) is 0.444. The zero-order valence-electron chi connectivity index (χ0n) is 14.1. The molecule has 0 fully saturated rings. The molecule has 0 saturated carbocycles. The molecule has 5 nitrogen and oxygen atoms in total. The summed E-state index contributed by atoms with van der Waals surface area (Å²) in [7, 11) is 0. The first-order valence-corrected chi connectivity index (χ1v) is 9.30. The third kappa shape index (κ3) is 4.98. The van der Waals surface area contributed by atoms with E-state index in [1.807, 2.05) is 0 Å². The number of aryl methyl sites for hydroxylation is 2. The first-order chi connectivity index (χ1) is 12.5. The van der Waals surface area contributed by atoms with Gasteiger partial charge in [0.25, 0.3) is 0 Å². The maximum absolute atomic E-state index is 12.2. The Balaban J connectivity index is 1.58. The molecule has 1 aliphatic rings. The number of alkyl halides is 2. The lowest BCUT2D eigenvalue weighted by Crippen LogP contribution is -2.38. The highest BCUT2D eigenvalue weighted by Gasteiger charge is 2.20. The Morgan fingerprint density at radius 1 is 1.27 bits per heavy atom. The molecule has 1 aliphatic carbocycles. The lowest BCUT2D eigenvalue weighted by molar-refractivity contribution is -0.139. The number of aliphatic carboxylic acids is 1. The molecule has 0 saturated heterocycles. The standard InChI is InChI=1S/C18H20F2N2O3S/c19-18(20)25-12-7-5-11(6-8-12)9-14(17(23)24)21-10-16-22-13-3-1-2-4-15(13)26-16/h5-8,14,18,21H,1-4,9-10H2,(H,23,24)/t14-/m0/s1. The molecule has 1 aromatic carbocycles. The third-order valence-corrected chi connectivity index (χ3v) is 5.43. The highest BCUT2D eigenvalue weighted by Crippen LogP contribution is 2.26. The number of ether oxygens (including phenoxy) is 1. The predicted molar refractivity (Wildman–Crippen MR) is 93.8 cm³/mol. The normalized spacial score (nSPS) is 14.9. The van der Waals surface area contributed by atoms with E-state index in [4.69, 9.17) is 0 Å². The second kappa shape index (κ2) is 8.55. The number of thiazole rings is 1. The van der Waals surface area contributed by atoms with E-state index in [-0.39, 0.29) is 12.2 Å². The van der Waals surface area contributed by atoms with Crippen molar-refractivity contribution >= 4 is 17.3 Å². The summed E-state index contributed by atoms with van der Waals surface area (Å²) in [6.07, 6.45) is 4.65. The molecule has 0 spiro atoms. The molecular weight excluding hydrogens is 362 g/mol. The van der Waals surface area contributed by atoms with Crippen LogP contribution >= 0.6 is 11.3 Å². The molecule has 3 rings (SSSR count). The number of aromatic nitrogens is 1. The van der Waals surface area contributed by atoms with Crippen LogP contribution in [0.15, 0.2) is 24.3 Å². The Morgan fingerprint density at radius 2 is 2.00 bits per heavy atom. The van der Waals surface area contributed by atoms with Gasteiger partial charge >= 0.3 is 12.6 Å². The van der Waals surface area contributed by atoms with Crippen LogP contribution in [0.3, 0.4) is 0 Å². The van der Waals surface area contributed by atoms with Crippen molar-refractivity contribution < 1.29 is 23.4 Å². The minimum Gasteiger partial charge on any atom is -0.480 e. The number of hydrogen-bond acceptors (Lipinski definition) is 5. The smallest absolute Gasteiger partial charge is 0.387 e. The molecule has 1 heterocycles. The van der Waals surface area contributed by atoms with Gasteiger partial charge in [-0.05, 0) is 49.8 Å². The fourth-order valence-electron chi connectivity index (χ4n) is 2.98. The van der Waals surface area contributed by atoms with E-state index in [9.17, 15) is 18.7 Å². The highest BCUT2D eigenvalue weighted by molar-refractivity contribution is 7.11. The van der Waals surface area contributed by atoms with Gasteiger partial charge in [-0.2, -0.15) is 8.78 Å². The minimum absolute atomic E-state index is 0.0527. The second-order valence-corrected chi connectivity index (χ2v) is 7.35. The number of fused-ring (bicyclic) bond motifs is 1. The lowest BCUT2D eigenvalue weighted by atomic mass is 10.0. The molecule has 8 heteroatoms. The zero-order valence-corrected chi connectivity index (χ0v) is 14.9. The van der Waals surface area contributed by atoms with Crippen LogP contribution in [-0.4, -0.2) is 28.7 Å². The number of hydrogen-bond donors (Lipinski definition) is 2. The Morgan fingerprint density at radius 3 is 2.65 bits per heavy atom. The van der Waals surface area contributed by atoms with Crippen LogP contribution in [0.1, 0.15) is 34.0 Å². The van der Waals surface area contributed by atoms with Crippen molar-refractivity contribution in [2.75, 3.05) is 0 Å². The molecule has 0 bridgehead atoms. The number of rotatable bonds is 8. The summed E-state index contributed by atoms with van der Waals surface area (Å²) in [4.78, 5) is 17.4. The van der Waals surface area contributed by atoms with Crippen LogP contribution in [0.5, 0.6) is 5.75 Å². The topological polar surface area (TPSA) is 71.5 Å². The second-order valence-electron chi connectivity index (χ2n) is 6.18. The van der Waals surface area contributed by atoms with Crippen molar-refractivity contribution in [1.29, 1.82) is 0 Å². The number of halogens is 2. The predicted octanol–water partition coefficient (Wildman–Crippen LogP) is 3.41. The van der Waals surface area contributed by atoms with Crippen molar-refractivity contribution in [2.24, 2.45) is 0 Å². The summed E-state index contributed by atoms with van der Waals surface area (Å²) in [6, 6.07) is 5.23. The number of benzene rings is 1. The molecule has 0 amide bonds. The van der Waals surface area contributed by atoms with Gasteiger partial charge < -0.3 is 9.84 Å². The molecule has 2 N–H and O–H groups in total. The van der Waals surface area contributed by atoms with Gasteiger partial charge in [0.1, 0.15) is 16.8 Å². The van der Waals surface area contributed by atoms with E-state index in [2.05, 4.69) is 15.0 Å². The van der Waals surface area contributed by atoms with Crippen LogP contribution in [0.4, 0.5) is 8.78 Å². The molecule has 0 radical (unpaired) electrons. The van der Waals surface area contributed by atoms with E-state index in [0.29, 0.717) is 6.54 Å². The van der Waals surface area contributed by atoms with Crippen LogP contribution in [0.25, 0.3) is 0 Å². The number of nitrogens with zero attached hydrogens (tertiary/aromatic N) is 1. The lowest BCUT2D eigenvalue weighted by Gasteiger charge is -2.14. The van der Waals surface area contributed by atoms with Crippen molar-refractivity contribution in [3.63, 3.8) is 0 Å². The van der Waals surface area contributed by atoms with Crippen LogP contribution < -0.4 is 10.1 Å². The quantitative estimate of drug-likeness (QED) is 0.732. The van der Waals surface area contributed by atoms with Crippen molar-refractivity contribution in [3.8, 4) is 5.75 Å². The number of carboxylic acids is 1. The number of carboxylic acid groups (broad SMARTS) is 1. The maximum atomic E-state index is 12.2. The molecule has 0 unspecified atom stereocenters. The number of carbonyl (C=O) groups is 1. The Kier molecular flexibility index (Phi) is 6.16. The fourth-order valence-corrected chi connectivity index (χ4v) is 4.09. The zero-order chi connectivity index (χ0) is 18.5. The van der Waals surface area contributed by atoms with E-state index in [0.717, 1.165) is 35.5 Å². The van der Waals surface area contributed by atoms with Crippen molar-refractivity contribution in [1.82, 2.24) is 10.3 Å². The summed E-state index contributed by atoms with van der Waals surface area (Å²) in [6.45, 7) is -2.47. The summed E-state index contributed by atoms with van der Waals surface area (Å²) in [5, 5.41) is 13.4. The molecule has 0 aliphatic heterocycles. The van der Waals surface area contributed by atoms with Gasteiger partial charge in [-0.15, -0.1) is 11.3 Å². The van der Waals surface area contributed by atoms with Gasteiger partial charge in [-0.1, -0.05) is 12.1 Å². The van der Waals surface area contributed by atoms with Gasteiger partial charge in [0.05, 0.1) is 5.69 Å². The monoisotopic (exact) mass is 382 g/mol. The molecule has 140 valence electrons. The number of nitrogens with one attached hydrogen (secondary N) is 1. The van der Waals surface area contributed by atoms with E-state index >= 15 is 0 Å². The van der Waals surface area contributed by atoms with Gasteiger partial charge in [-0.3, -0.25) is 10.1 Å². The van der Waals surface area contributed by atoms with E-state index in [1.54, 1.807) is 23.5 Å². The molecule has 2 aromatic rings. The highest BCUT2D eigenvalue weighted by atomic mass is 32.1. The minimum atomic E-state index is -2.88. The maximum Gasteiger partial charge on any atom is 0.387 e. The molecule has 1 atom stereocenters. The van der Waals surface area contributed by atoms with Gasteiger partial charge in [-0.25, -0.2) is 4.98 Å². The molecular formula is C18H20F2N2O3S. The van der Waals surface area contributed by atoms with Crippen LogP contribution in [0.2, 0.25) is 0 Å². The summed E-state index contributed by atoms with van der Waals surface area (Å²) in [5.74, 6) is -0.906. The largest absolute Gasteiger partial charge is 0.480 e. The average molecular weight is 382 g/mol. The molecule has 1 aromatic heterocycles. The SMILES string of the molecule is O=C(O)[C@H](Cc1ccc(OC(F)F)cc1)NCc1nc2c(s1)CCCC2. The first-order valence-electron chi connectivity index (χ1n) is 8.48. The Hall–Kier alpha value is -2.06. The molecule has 26 heavy (non-hydrogen) atoms. The van der Waals surface area contributed by atoms with Gasteiger partial charge in [0, 0.05) is 11.4 Å². The van der Waals surface area contributed by atoms with E-state index in [1.165, 1.54) is 23.4 Å². The average Bonchev–Trinajstić information content (AvgIpc) is 3.02. The third-order valence-electron chi connectivity index (χ3n) is 4.28. The van der Waals surface area contributed by atoms with Gasteiger partial charge in [0.2, 0.25) is 0 Å².